The summed E-state index contributed by atoms with van der Waals surface area (Å²) >= 11 is 0. The quantitative estimate of drug-likeness (QED) is 0.659. The Labute approximate surface area is 70.8 Å². The Morgan fingerprint density at radius 3 is 2.58 bits per heavy atom. The third-order valence-electron chi connectivity index (χ3n) is 1.45. The van der Waals surface area contributed by atoms with E-state index in [4.69, 9.17) is 4.84 Å². The second kappa shape index (κ2) is 4.06. The van der Waals surface area contributed by atoms with Gasteiger partial charge in [-0.25, -0.2) is 0 Å². The fourth-order valence-corrected chi connectivity index (χ4v) is 0.802. The van der Waals surface area contributed by atoms with Crippen LogP contribution in [0.1, 0.15) is 5.56 Å². The molecule has 0 saturated heterocycles. The van der Waals surface area contributed by atoms with E-state index >= 15 is 0 Å². The summed E-state index contributed by atoms with van der Waals surface area (Å²) in [6.07, 6.45) is 0. The van der Waals surface area contributed by atoms with Gasteiger partial charge in [0.2, 0.25) is 0 Å². The van der Waals surface area contributed by atoms with Gasteiger partial charge in [-0.2, -0.15) is 4.84 Å². The first kappa shape index (κ1) is 8.99. The molecular formula is C8H11NO3. The minimum Gasteiger partial charge on any atom is -0.556 e. The summed E-state index contributed by atoms with van der Waals surface area (Å²) in [5, 5.41) is 10.00. The Morgan fingerprint density at radius 2 is 2.00 bits per heavy atom. The standard InChI is InChI=1S/C8H11NO3/c1-7-5-3-4-6-8(7)12-9(10)11-2/h3-6,9H,1-2H3. The average Bonchev–Trinajstić information content (AvgIpc) is 2.09. The molecule has 0 saturated carbocycles. The zero-order valence-corrected chi connectivity index (χ0v) is 7.03. The number of nitrogens with one attached hydrogen (secondary N) is 1. The first-order valence-corrected chi connectivity index (χ1v) is 3.55. The molecule has 0 aliphatic carbocycles. The van der Waals surface area contributed by atoms with E-state index in [2.05, 4.69) is 4.84 Å². The number of aryl methyl sites for hydroxylation is 1. The van der Waals surface area contributed by atoms with Crippen molar-refractivity contribution in [1.82, 2.24) is 0 Å². The van der Waals surface area contributed by atoms with Gasteiger partial charge in [0.05, 0.1) is 0 Å². The zero-order chi connectivity index (χ0) is 8.97. The summed E-state index contributed by atoms with van der Waals surface area (Å²) in [7, 11) is 1.28. The Morgan fingerprint density at radius 1 is 1.33 bits per heavy atom. The highest BCUT2D eigenvalue weighted by atomic mass is 17.1. The Bertz CT molecular complexity index is 252. The molecule has 1 N–H and O–H groups in total. The monoisotopic (exact) mass is 169 g/mol. The highest BCUT2D eigenvalue weighted by Crippen LogP contribution is 2.13. The van der Waals surface area contributed by atoms with Gasteiger partial charge in [-0.3, -0.25) is 4.84 Å². The van der Waals surface area contributed by atoms with Gasteiger partial charge in [-0.05, 0) is 23.9 Å². The van der Waals surface area contributed by atoms with Crippen molar-refractivity contribution in [3.8, 4) is 5.75 Å². The molecule has 0 heterocycles. The van der Waals surface area contributed by atoms with Gasteiger partial charge < -0.3 is 5.21 Å². The van der Waals surface area contributed by atoms with Crippen LogP contribution >= 0.6 is 0 Å². The SMILES string of the molecule is CO[NH+]([O-])Oc1ccccc1C. The molecule has 0 fully saturated rings. The highest BCUT2D eigenvalue weighted by Gasteiger charge is 2.01. The molecule has 1 rings (SSSR count). The number of benzene rings is 1. The second-order valence-electron chi connectivity index (χ2n) is 2.32. The summed E-state index contributed by atoms with van der Waals surface area (Å²) in [4.78, 5) is 9.18. The molecule has 0 radical (unpaired) electrons. The van der Waals surface area contributed by atoms with E-state index in [1.54, 1.807) is 12.1 Å². The largest absolute Gasteiger partial charge is 0.556 e. The molecule has 0 aliphatic rings. The van der Waals surface area contributed by atoms with Crippen LogP contribution in [0.25, 0.3) is 0 Å². The van der Waals surface area contributed by atoms with Crippen molar-refractivity contribution in [2.45, 2.75) is 6.92 Å². The molecule has 1 atom stereocenters. The maximum absolute atomic E-state index is 10.7. The van der Waals surface area contributed by atoms with Gasteiger partial charge in [-0.1, -0.05) is 18.2 Å². The van der Waals surface area contributed by atoms with Crippen LogP contribution in [0, 0.1) is 12.1 Å². The van der Waals surface area contributed by atoms with E-state index in [0.29, 0.717) is 5.75 Å². The molecule has 1 aromatic rings. The molecule has 66 valence electrons. The van der Waals surface area contributed by atoms with Gasteiger partial charge in [0.25, 0.3) is 0 Å². The van der Waals surface area contributed by atoms with Crippen molar-refractivity contribution >= 4 is 0 Å². The number of rotatable bonds is 3. The molecular weight excluding hydrogens is 158 g/mol. The Balaban J connectivity index is 2.69. The van der Waals surface area contributed by atoms with E-state index in [1.165, 1.54) is 7.11 Å². The van der Waals surface area contributed by atoms with Crippen molar-refractivity contribution in [1.29, 1.82) is 0 Å². The lowest BCUT2D eigenvalue weighted by atomic mass is 10.2. The van der Waals surface area contributed by atoms with Gasteiger partial charge in [-0.15, -0.1) is 0 Å². The van der Waals surface area contributed by atoms with Crippen molar-refractivity contribution in [3.63, 3.8) is 0 Å². The fraction of sp³-hybridized carbons (Fsp3) is 0.250. The van der Waals surface area contributed by atoms with Gasteiger partial charge >= 0.3 is 0 Å². The van der Waals surface area contributed by atoms with Crippen LogP contribution in [-0.2, 0) is 4.84 Å². The lowest BCUT2D eigenvalue weighted by Gasteiger charge is -2.16. The first-order chi connectivity index (χ1) is 5.74. The molecule has 1 aromatic carbocycles. The van der Waals surface area contributed by atoms with Gasteiger partial charge in [0.1, 0.15) is 7.11 Å². The van der Waals surface area contributed by atoms with Crippen LogP contribution in [0.3, 0.4) is 0 Å². The van der Waals surface area contributed by atoms with Gasteiger partial charge in [0.15, 0.2) is 5.75 Å². The van der Waals surface area contributed by atoms with Crippen molar-refractivity contribution in [2.24, 2.45) is 0 Å². The van der Waals surface area contributed by atoms with Crippen LogP contribution in [0.5, 0.6) is 5.75 Å². The van der Waals surface area contributed by atoms with Crippen LogP contribution < -0.4 is 10.2 Å². The lowest BCUT2D eigenvalue weighted by Crippen LogP contribution is -3.07. The van der Waals surface area contributed by atoms with Crippen molar-refractivity contribution in [3.05, 3.63) is 35.0 Å². The predicted octanol–water partition coefficient (Wildman–Crippen LogP) is 0.233. The summed E-state index contributed by atoms with van der Waals surface area (Å²) in [5.41, 5.74) is 0.905. The Hall–Kier alpha value is -1.10. The van der Waals surface area contributed by atoms with E-state index in [1.807, 2.05) is 19.1 Å². The number of para-hydroxylation sites is 1. The van der Waals surface area contributed by atoms with Crippen molar-refractivity contribution in [2.75, 3.05) is 7.11 Å². The molecule has 0 bridgehead atoms. The molecule has 0 amide bonds. The van der Waals surface area contributed by atoms with Crippen LogP contribution in [0.4, 0.5) is 0 Å². The topological polar surface area (TPSA) is 46.0 Å². The highest BCUT2D eigenvalue weighted by molar-refractivity contribution is 5.30. The van der Waals surface area contributed by atoms with Crippen LogP contribution in [0.15, 0.2) is 24.3 Å². The number of quaternary nitrogens is 1. The fourth-order valence-electron chi connectivity index (χ4n) is 0.802. The number of hydrogen-bond donors (Lipinski definition) is 1. The lowest BCUT2D eigenvalue weighted by molar-refractivity contribution is -1.18. The third-order valence-corrected chi connectivity index (χ3v) is 1.45. The molecule has 0 aliphatic heterocycles. The zero-order valence-electron chi connectivity index (χ0n) is 7.03. The maximum atomic E-state index is 10.7. The van der Waals surface area contributed by atoms with E-state index in [0.717, 1.165) is 5.56 Å². The third kappa shape index (κ3) is 2.20. The molecule has 4 heteroatoms. The van der Waals surface area contributed by atoms with Crippen LogP contribution in [0.2, 0.25) is 0 Å². The summed E-state index contributed by atoms with van der Waals surface area (Å²) in [5.74, 6) is 0.532. The molecule has 0 spiro atoms. The normalized spacial score (nSPS) is 12.6. The van der Waals surface area contributed by atoms with E-state index in [9.17, 15) is 5.21 Å². The molecule has 12 heavy (non-hydrogen) atoms. The Kier molecular flexibility index (Phi) is 3.04. The van der Waals surface area contributed by atoms with E-state index < -0.39 is 5.39 Å². The predicted molar refractivity (Wildman–Crippen MR) is 43.1 cm³/mol. The summed E-state index contributed by atoms with van der Waals surface area (Å²) in [6.45, 7) is 1.86. The summed E-state index contributed by atoms with van der Waals surface area (Å²) in [6, 6.07) is 7.25. The van der Waals surface area contributed by atoms with Crippen molar-refractivity contribution < 1.29 is 15.1 Å². The van der Waals surface area contributed by atoms with E-state index in [-0.39, 0.29) is 0 Å². The molecule has 4 nitrogen and oxygen atoms in total. The number of hydrogen-bond acceptors (Lipinski definition) is 3. The minimum atomic E-state index is -0.690. The smallest absolute Gasteiger partial charge is 0.198 e. The maximum Gasteiger partial charge on any atom is 0.198 e. The molecule has 1 unspecified atom stereocenters. The second-order valence-corrected chi connectivity index (χ2v) is 2.32. The summed E-state index contributed by atoms with van der Waals surface area (Å²) < 4.78 is 0. The average molecular weight is 169 g/mol. The first-order valence-electron chi connectivity index (χ1n) is 3.55. The van der Waals surface area contributed by atoms with Gasteiger partial charge in [0, 0.05) is 0 Å². The van der Waals surface area contributed by atoms with Crippen LogP contribution in [-0.4, -0.2) is 7.11 Å². The minimum absolute atomic E-state index is 0.532. The molecule has 0 aromatic heterocycles.